The number of hydrogen-bond acceptors (Lipinski definition) is 5. The Morgan fingerprint density at radius 2 is 1.91 bits per heavy atom. The predicted octanol–water partition coefficient (Wildman–Crippen LogP) is 2.55. The third kappa shape index (κ3) is 3.63. The van der Waals surface area contributed by atoms with Gasteiger partial charge in [-0.1, -0.05) is 12.1 Å². The Morgan fingerprint density at radius 3 is 2.50 bits per heavy atom. The first kappa shape index (κ1) is 15.6. The maximum Gasteiger partial charge on any atom is 0.415 e. The van der Waals surface area contributed by atoms with Gasteiger partial charge in [0.05, 0.1) is 18.8 Å². The summed E-state index contributed by atoms with van der Waals surface area (Å²) in [5.74, 6) is 0.0988. The van der Waals surface area contributed by atoms with Crippen LogP contribution >= 0.6 is 0 Å². The van der Waals surface area contributed by atoms with Crippen molar-refractivity contribution in [3.05, 3.63) is 47.8 Å². The van der Waals surface area contributed by atoms with Crippen molar-refractivity contribution in [2.75, 3.05) is 23.0 Å². The van der Waals surface area contributed by atoms with E-state index in [2.05, 4.69) is 4.98 Å². The summed E-state index contributed by atoms with van der Waals surface area (Å²) in [5, 5.41) is 0. The molecule has 0 bridgehead atoms. The quantitative estimate of drug-likeness (QED) is 0.905. The van der Waals surface area contributed by atoms with Gasteiger partial charge in [0.1, 0.15) is 17.5 Å². The van der Waals surface area contributed by atoms with Crippen molar-refractivity contribution in [2.24, 2.45) is 0 Å². The molecule has 0 fully saturated rings. The van der Waals surface area contributed by atoms with Gasteiger partial charge < -0.3 is 16.2 Å². The van der Waals surface area contributed by atoms with Crippen molar-refractivity contribution in [3.63, 3.8) is 0 Å². The second kappa shape index (κ2) is 6.75. The molecule has 2 aromatic rings. The number of anilines is 3. The van der Waals surface area contributed by atoms with Crippen LogP contribution in [0.1, 0.15) is 12.5 Å². The van der Waals surface area contributed by atoms with Gasteiger partial charge in [-0.05, 0) is 36.8 Å². The summed E-state index contributed by atoms with van der Waals surface area (Å²) in [6.45, 7) is 2.11. The molecule has 0 aliphatic heterocycles. The zero-order chi connectivity index (χ0) is 16.1. The van der Waals surface area contributed by atoms with Crippen LogP contribution in [0, 0.1) is 5.82 Å². The Balaban J connectivity index is 2.31. The average molecular weight is 304 g/mol. The minimum Gasteiger partial charge on any atom is -0.449 e. The summed E-state index contributed by atoms with van der Waals surface area (Å²) in [7, 11) is 0. The monoisotopic (exact) mass is 304 g/mol. The fraction of sp³-hybridized carbons (Fsp3) is 0.200. The Kier molecular flexibility index (Phi) is 4.77. The highest BCUT2D eigenvalue weighted by atomic mass is 19.1. The Hall–Kier alpha value is -2.83. The average Bonchev–Trinajstić information content (AvgIpc) is 2.50. The van der Waals surface area contributed by atoms with Gasteiger partial charge in [-0.3, -0.25) is 4.90 Å². The van der Waals surface area contributed by atoms with E-state index in [4.69, 9.17) is 16.2 Å². The van der Waals surface area contributed by atoms with E-state index in [0.29, 0.717) is 11.5 Å². The van der Waals surface area contributed by atoms with Crippen molar-refractivity contribution in [2.45, 2.75) is 13.5 Å². The molecule has 1 amide bonds. The summed E-state index contributed by atoms with van der Waals surface area (Å²) in [6.07, 6.45) is -0.566. The van der Waals surface area contributed by atoms with E-state index in [9.17, 15) is 9.18 Å². The van der Waals surface area contributed by atoms with E-state index in [0.717, 1.165) is 5.56 Å². The highest BCUT2D eigenvalue weighted by Gasteiger charge is 2.19. The molecule has 116 valence electrons. The molecule has 22 heavy (non-hydrogen) atoms. The van der Waals surface area contributed by atoms with Gasteiger partial charge in [0.2, 0.25) is 0 Å². The summed E-state index contributed by atoms with van der Waals surface area (Å²) < 4.78 is 18.0. The van der Waals surface area contributed by atoms with Gasteiger partial charge in [0.15, 0.2) is 0 Å². The number of amides is 1. The standard InChI is InChI=1S/C15H17FN4O2/c1-2-22-15(21)20(9-10-3-5-11(16)6-4-10)13-8-7-12(17)14(18)19-13/h3-8H,2,9,17H2,1H3,(H2,18,19). The van der Waals surface area contributed by atoms with E-state index >= 15 is 0 Å². The number of carbonyl (C=O) groups is 1. The highest BCUT2D eigenvalue weighted by Crippen LogP contribution is 2.21. The number of nitrogens with zero attached hydrogens (tertiary/aromatic N) is 2. The first-order valence-corrected chi connectivity index (χ1v) is 6.72. The van der Waals surface area contributed by atoms with Crippen LogP contribution in [0.2, 0.25) is 0 Å². The SMILES string of the molecule is CCOC(=O)N(Cc1ccc(F)cc1)c1ccc(N)c(N)n1. The molecule has 6 nitrogen and oxygen atoms in total. The van der Waals surface area contributed by atoms with Crippen molar-refractivity contribution >= 4 is 23.4 Å². The fourth-order valence-corrected chi connectivity index (χ4v) is 1.84. The summed E-state index contributed by atoms with van der Waals surface area (Å²) in [4.78, 5) is 17.5. The van der Waals surface area contributed by atoms with Gasteiger partial charge in [-0.25, -0.2) is 14.2 Å². The molecule has 1 heterocycles. The van der Waals surface area contributed by atoms with Crippen LogP contribution in [0.25, 0.3) is 0 Å². The Bertz CT molecular complexity index is 661. The molecule has 4 N–H and O–H groups in total. The van der Waals surface area contributed by atoms with Crippen LogP contribution in [-0.4, -0.2) is 17.7 Å². The predicted molar refractivity (Wildman–Crippen MR) is 82.7 cm³/mol. The molecule has 2 rings (SSSR count). The number of benzene rings is 1. The molecule has 0 radical (unpaired) electrons. The number of nitrogens with two attached hydrogens (primary N) is 2. The van der Waals surface area contributed by atoms with Gasteiger partial charge in [0, 0.05) is 0 Å². The molecule has 0 atom stereocenters. The van der Waals surface area contributed by atoms with Crippen LogP contribution in [0.15, 0.2) is 36.4 Å². The minimum absolute atomic E-state index is 0.130. The van der Waals surface area contributed by atoms with Crippen LogP contribution in [0.3, 0.4) is 0 Å². The van der Waals surface area contributed by atoms with Crippen molar-refractivity contribution in [3.8, 4) is 0 Å². The molecule has 0 saturated carbocycles. The number of pyridine rings is 1. The second-order valence-corrected chi connectivity index (χ2v) is 4.56. The molecule has 0 spiro atoms. The Morgan fingerprint density at radius 1 is 1.23 bits per heavy atom. The smallest absolute Gasteiger partial charge is 0.415 e. The zero-order valence-corrected chi connectivity index (χ0v) is 12.1. The van der Waals surface area contributed by atoms with Crippen molar-refractivity contribution in [1.82, 2.24) is 4.98 Å². The van der Waals surface area contributed by atoms with Crippen molar-refractivity contribution in [1.29, 1.82) is 0 Å². The molecule has 7 heteroatoms. The molecule has 1 aromatic heterocycles. The van der Waals surface area contributed by atoms with E-state index in [1.165, 1.54) is 17.0 Å². The topological polar surface area (TPSA) is 94.5 Å². The number of carbonyl (C=O) groups excluding carboxylic acids is 1. The lowest BCUT2D eigenvalue weighted by Gasteiger charge is -2.21. The molecule has 0 saturated heterocycles. The van der Waals surface area contributed by atoms with Gasteiger partial charge in [0.25, 0.3) is 0 Å². The number of aromatic nitrogens is 1. The third-order valence-corrected chi connectivity index (χ3v) is 2.96. The molecule has 0 aliphatic rings. The number of hydrogen-bond donors (Lipinski definition) is 2. The normalized spacial score (nSPS) is 10.3. The van der Waals surface area contributed by atoms with Crippen LogP contribution < -0.4 is 16.4 Å². The maximum absolute atomic E-state index is 13.0. The fourth-order valence-electron chi connectivity index (χ4n) is 1.84. The second-order valence-electron chi connectivity index (χ2n) is 4.56. The van der Waals surface area contributed by atoms with Crippen molar-refractivity contribution < 1.29 is 13.9 Å². The largest absolute Gasteiger partial charge is 0.449 e. The lowest BCUT2D eigenvalue weighted by atomic mass is 10.2. The van der Waals surface area contributed by atoms with Gasteiger partial charge >= 0.3 is 6.09 Å². The van der Waals surface area contributed by atoms with E-state index < -0.39 is 6.09 Å². The van der Waals surface area contributed by atoms with E-state index in [1.54, 1.807) is 31.2 Å². The Labute approximate surface area is 127 Å². The molecular weight excluding hydrogens is 287 g/mol. The molecule has 1 aromatic carbocycles. The molecule has 0 unspecified atom stereocenters. The summed E-state index contributed by atoms with van der Waals surface area (Å²) >= 11 is 0. The molecular formula is C15H17FN4O2. The number of halogens is 1. The first-order valence-electron chi connectivity index (χ1n) is 6.72. The zero-order valence-electron chi connectivity index (χ0n) is 12.1. The number of nitrogen functional groups attached to an aromatic ring is 2. The van der Waals surface area contributed by atoms with Crippen LogP contribution in [-0.2, 0) is 11.3 Å². The maximum atomic E-state index is 13.0. The van der Waals surface area contributed by atoms with Crippen LogP contribution in [0.4, 0.5) is 26.5 Å². The van der Waals surface area contributed by atoms with Gasteiger partial charge in [-0.2, -0.15) is 0 Å². The van der Waals surface area contributed by atoms with E-state index in [-0.39, 0.29) is 24.8 Å². The molecule has 0 aliphatic carbocycles. The summed E-state index contributed by atoms with van der Waals surface area (Å²) in [5.41, 5.74) is 12.4. The van der Waals surface area contributed by atoms with Gasteiger partial charge in [-0.15, -0.1) is 0 Å². The minimum atomic E-state index is -0.566. The summed E-state index contributed by atoms with van der Waals surface area (Å²) in [6, 6.07) is 8.96. The van der Waals surface area contributed by atoms with Crippen LogP contribution in [0.5, 0.6) is 0 Å². The first-order chi connectivity index (χ1) is 10.5. The number of ether oxygens (including phenoxy) is 1. The lowest BCUT2D eigenvalue weighted by molar-refractivity contribution is 0.159. The number of rotatable bonds is 4. The third-order valence-electron chi connectivity index (χ3n) is 2.96. The van der Waals surface area contributed by atoms with E-state index in [1.807, 2.05) is 0 Å². The highest BCUT2D eigenvalue weighted by molar-refractivity contribution is 5.87. The lowest BCUT2D eigenvalue weighted by Crippen LogP contribution is -2.32.